The molecule has 0 bridgehead atoms. The van der Waals surface area contributed by atoms with Crippen molar-refractivity contribution >= 4 is 15.9 Å². The second kappa shape index (κ2) is 11.6. The summed E-state index contributed by atoms with van der Waals surface area (Å²) < 4.78 is 0. The van der Waals surface area contributed by atoms with Crippen LogP contribution in [-0.2, 0) is 0 Å². The van der Waals surface area contributed by atoms with Crippen LogP contribution in [0.25, 0.3) is 0 Å². The van der Waals surface area contributed by atoms with Crippen molar-refractivity contribution in [1.82, 2.24) is 0 Å². The van der Waals surface area contributed by atoms with E-state index in [0.717, 1.165) is 5.92 Å². The Labute approximate surface area is 99.0 Å². The van der Waals surface area contributed by atoms with Crippen molar-refractivity contribution < 1.29 is 0 Å². The third-order valence-electron chi connectivity index (χ3n) is 2.88. The summed E-state index contributed by atoms with van der Waals surface area (Å²) in [5.41, 5.74) is 0. The first-order valence-corrected chi connectivity index (χ1v) is 7.49. The summed E-state index contributed by atoms with van der Waals surface area (Å²) in [6.45, 7) is 4.70. The zero-order chi connectivity index (χ0) is 10.6. The van der Waals surface area contributed by atoms with Crippen molar-refractivity contribution in [3.8, 4) is 0 Å². The van der Waals surface area contributed by atoms with Crippen LogP contribution in [-0.4, -0.2) is 5.33 Å². The fourth-order valence-corrected chi connectivity index (χ4v) is 2.21. The van der Waals surface area contributed by atoms with E-state index in [9.17, 15) is 0 Å². The average Bonchev–Trinajstić information content (AvgIpc) is 2.20. The van der Waals surface area contributed by atoms with Gasteiger partial charge in [-0.2, -0.15) is 0 Å². The Hall–Kier alpha value is 0.480. The molecule has 0 fully saturated rings. The lowest BCUT2D eigenvalue weighted by molar-refractivity contribution is 0.443. The first kappa shape index (κ1) is 14.5. The van der Waals surface area contributed by atoms with E-state index in [-0.39, 0.29) is 0 Å². The molecule has 1 unspecified atom stereocenters. The molecular formula is C13H27Br. The highest BCUT2D eigenvalue weighted by molar-refractivity contribution is 9.09. The molecule has 86 valence electrons. The molecule has 0 N–H and O–H groups in total. The molecule has 0 saturated heterocycles. The van der Waals surface area contributed by atoms with Crippen LogP contribution in [0.4, 0.5) is 0 Å². The van der Waals surface area contributed by atoms with Gasteiger partial charge in [-0.05, 0) is 12.3 Å². The van der Waals surface area contributed by atoms with Gasteiger partial charge in [0, 0.05) is 5.33 Å². The average molecular weight is 263 g/mol. The van der Waals surface area contributed by atoms with E-state index in [0.29, 0.717) is 0 Å². The summed E-state index contributed by atoms with van der Waals surface area (Å²) in [5.74, 6) is 0.964. The van der Waals surface area contributed by atoms with Gasteiger partial charge in [0.25, 0.3) is 0 Å². The number of halogens is 1. The van der Waals surface area contributed by atoms with Gasteiger partial charge >= 0.3 is 0 Å². The van der Waals surface area contributed by atoms with Crippen molar-refractivity contribution in [2.75, 3.05) is 5.33 Å². The molecule has 1 heteroatoms. The lowest BCUT2D eigenvalue weighted by Gasteiger charge is -2.09. The van der Waals surface area contributed by atoms with Crippen LogP contribution >= 0.6 is 15.9 Å². The molecule has 1 atom stereocenters. The lowest BCUT2D eigenvalue weighted by atomic mass is 9.97. The van der Waals surface area contributed by atoms with Gasteiger partial charge in [-0.15, -0.1) is 0 Å². The van der Waals surface area contributed by atoms with E-state index < -0.39 is 0 Å². The van der Waals surface area contributed by atoms with E-state index in [4.69, 9.17) is 0 Å². The summed E-state index contributed by atoms with van der Waals surface area (Å²) in [4.78, 5) is 0. The Kier molecular flexibility index (Phi) is 12.0. The summed E-state index contributed by atoms with van der Waals surface area (Å²) >= 11 is 3.47. The topological polar surface area (TPSA) is 0 Å². The minimum Gasteiger partial charge on any atom is -0.0928 e. The Bertz CT molecular complexity index is 101. The highest BCUT2D eigenvalue weighted by atomic mass is 79.9. The molecule has 0 radical (unpaired) electrons. The van der Waals surface area contributed by atoms with Crippen molar-refractivity contribution in [2.24, 2.45) is 5.92 Å². The maximum absolute atomic E-state index is 3.47. The van der Waals surface area contributed by atoms with Gasteiger partial charge < -0.3 is 0 Å². The predicted molar refractivity (Wildman–Crippen MR) is 70.2 cm³/mol. The van der Waals surface area contributed by atoms with Crippen LogP contribution < -0.4 is 0 Å². The van der Waals surface area contributed by atoms with Gasteiger partial charge in [0.2, 0.25) is 0 Å². The smallest absolute Gasteiger partial charge is 0.00313 e. The summed E-state index contributed by atoms with van der Waals surface area (Å²) in [7, 11) is 0. The molecule has 0 heterocycles. The van der Waals surface area contributed by atoms with E-state index in [2.05, 4.69) is 29.8 Å². The number of unbranched alkanes of at least 4 members (excludes halogenated alkanes) is 5. The van der Waals surface area contributed by atoms with Crippen molar-refractivity contribution in [1.29, 1.82) is 0 Å². The van der Waals surface area contributed by atoms with E-state index >= 15 is 0 Å². The minimum atomic E-state index is 0.964. The van der Waals surface area contributed by atoms with Crippen LogP contribution in [0, 0.1) is 5.92 Å². The van der Waals surface area contributed by atoms with E-state index in [1.807, 2.05) is 0 Å². The molecule has 0 aromatic carbocycles. The molecule has 0 saturated carbocycles. The number of hydrogen-bond donors (Lipinski definition) is 0. The fourth-order valence-electron chi connectivity index (χ4n) is 1.81. The van der Waals surface area contributed by atoms with Crippen molar-refractivity contribution in [3.63, 3.8) is 0 Å². The van der Waals surface area contributed by atoms with Crippen LogP contribution in [0.3, 0.4) is 0 Å². The Morgan fingerprint density at radius 2 is 1.43 bits per heavy atom. The largest absolute Gasteiger partial charge is 0.0928 e. The van der Waals surface area contributed by atoms with Crippen molar-refractivity contribution in [2.45, 2.75) is 71.6 Å². The second-order valence-corrected chi connectivity index (χ2v) is 5.29. The third kappa shape index (κ3) is 10.6. The number of rotatable bonds is 10. The lowest BCUT2D eigenvalue weighted by Crippen LogP contribution is -1.94. The van der Waals surface area contributed by atoms with Gasteiger partial charge in [-0.1, -0.05) is 81.1 Å². The monoisotopic (exact) mass is 262 g/mol. The summed E-state index contributed by atoms with van der Waals surface area (Å²) in [5, 5.41) is 1.18. The van der Waals surface area contributed by atoms with Crippen LogP contribution in [0.15, 0.2) is 0 Å². The molecule has 0 aromatic rings. The van der Waals surface area contributed by atoms with Crippen LogP contribution in [0.1, 0.15) is 71.6 Å². The highest BCUT2D eigenvalue weighted by Gasteiger charge is 2.00. The first-order valence-electron chi connectivity index (χ1n) is 6.37. The molecule has 0 nitrogen and oxygen atoms in total. The Balaban J connectivity index is 3.02. The van der Waals surface area contributed by atoms with Gasteiger partial charge in [0.15, 0.2) is 0 Å². The SMILES string of the molecule is CCCCC(C)CCCCCCCBr. The highest BCUT2D eigenvalue weighted by Crippen LogP contribution is 2.16. The molecular weight excluding hydrogens is 236 g/mol. The zero-order valence-corrected chi connectivity index (χ0v) is 11.6. The van der Waals surface area contributed by atoms with Gasteiger partial charge in [-0.25, -0.2) is 0 Å². The maximum Gasteiger partial charge on any atom is 0.00313 e. The molecule has 0 aliphatic heterocycles. The van der Waals surface area contributed by atoms with Crippen molar-refractivity contribution in [3.05, 3.63) is 0 Å². The zero-order valence-electron chi connectivity index (χ0n) is 10.0. The van der Waals surface area contributed by atoms with Crippen LogP contribution in [0.2, 0.25) is 0 Å². The molecule has 0 spiro atoms. The minimum absolute atomic E-state index is 0.964. The molecule has 0 aliphatic rings. The standard InChI is InChI=1S/C13H27Br/c1-3-4-10-13(2)11-8-6-5-7-9-12-14/h13H,3-12H2,1-2H3. The number of hydrogen-bond acceptors (Lipinski definition) is 0. The Morgan fingerprint density at radius 1 is 0.857 bits per heavy atom. The summed E-state index contributed by atoms with van der Waals surface area (Å²) in [6.07, 6.45) is 12.8. The summed E-state index contributed by atoms with van der Waals surface area (Å²) in [6, 6.07) is 0. The molecule has 14 heavy (non-hydrogen) atoms. The fraction of sp³-hybridized carbons (Fsp3) is 1.00. The number of alkyl halides is 1. The molecule has 0 rings (SSSR count). The van der Waals surface area contributed by atoms with Gasteiger partial charge in [0.1, 0.15) is 0 Å². The quantitative estimate of drug-likeness (QED) is 0.358. The van der Waals surface area contributed by atoms with E-state index in [1.165, 1.54) is 63.1 Å². The maximum atomic E-state index is 3.47. The van der Waals surface area contributed by atoms with E-state index in [1.54, 1.807) is 0 Å². The first-order chi connectivity index (χ1) is 6.81. The van der Waals surface area contributed by atoms with Gasteiger partial charge in [-0.3, -0.25) is 0 Å². The predicted octanol–water partition coefficient (Wildman–Crippen LogP) is 5.55. The van der Waals surface area contributed by atoms with Crippen LogP contribution in [0.5, 0.6) is 0 Å². The second-order valence-electron chi connectivity index (χ2n) is 4.49. The normalized spacial score (nSPS) is 13.1. The Morgan fingerprint density at radius 3 is 2.07 bits per heavy atom. The molecule has 0 aliphatic carbocycles. The third-order valence-corrected chi connectivity index (χ3v) is 3.44. The molecule has 0 amide bonds. The molecule has 0 aromatic heterocycles. The van der Waals surface area contributed by atoms with Gasteiger partial charge in [0.05, 0.1) is 0 Å².